The molecule has 7 heteroatoms. The zero-order valence-electron chi connectivity index (χ0n) is 12.3. The Labute approximate surface area is 134 Å². The molecule has 0 saturated carbocycles. The minimum Gasteiger partial charge on any atom is -0.365 e. The van der Waals surface area contributed by atoms with Crippen molar-refractivity contribution in [1.82, 2.24) is 9.29 Å². The minimum absolute atomic E-state index is 0.0629. The molecule has 3 aliphatic rings. The van der Waals surface area contributed by atoms with E-state index in [2.05, 4.69) is 16.0 Å². The summed E-state index contributed by atoms with van der Waals surface area (Å²) in [6.07, 6.45) is 5.18. The Morgan fingerprint density at radius 2 is 2.00 bits per heavy atom. The Hall–Kier alpha value is -1.24. The van der Waals surface area contributed by atoms with Crippen LogP contribution in [0.4, 0.5) is 5.69 Å². The van der Waals surface area contributed by atoms with E-state index >= 15 is 0 Å². The predicted octanol–water partition coefficient (Wildman–Crippen LogP) is 2.43. The lowest BCUT2D eigenvalue weighted by Crippen LogP contribution is -2.63. The number of rotatable bonds is 2. The Morgan fingerprint density at radius 1 is 1.23 bits per heavy atom. The van der Waals surface area contributed by atoms with E-state index in [0.29, 0.717) is 11.6 Å². The number of sulfonamides is 1. The SMILES string of the molecule is CS(=O)(=O)N1CC2CCC1CN2c1cc(Cl)cc2[nH]ccc12. The molecule has 2 bridgehead atoms. The second-order valence-electron chi connectivity index (χ2n) is 6.23. The molecule has 22 heavy (non-hydrogen) atoms. The fraction of sp³-hybridized carbons (Fsp3) is 0.467. The van der Waals surface area contributed by atoms with Gasteiger partial charge in [-0.25, -0.2) is 8.42 Å². The maximum absolute atomic E-state index is 11.9. The number of nitrogens with zero attached hydrogens (tertiary/aromatic N) is 2. The molecule has 4 heterocycles. The van der Waals surface area contributed by atoms with Gasteiger partial charge in [-0.1, -0.05) is 11.6 Å². The average molecular weight is 340 g/mol. The summed E-state index contributed by atoms with van der Waals surface area (Å²) in [4.78, 5) is 5.53. The fourth-order valence-electron chi connectivity index (χ4n) is 3.84. The van der Waals surface area contributed by atoms with Gasteiger partial charge in [0.15, 0.2) is 0 Å². The Balaban J connectivity index is 1.74. The molecule has 0 spiro atoms. The van der Waals surface area contributed by atoms with Crippen LogP contribution in [0, 0.1) is 0 Å². The maximum atomic E-state index is 11.9. The third-order valence-electron chi connectivity index (χ3n) is 4.83. The molecule has 0 aliphatic carbocycles. The van der Waals surface area contributed by atoms with Crippen LogP contribution in [-0.2, 0) is 10.0 Å². The number of piperidine rings is 2. The van der Waals surface area contributed by atoms with E-state index in [0.717, 1.165) is 36.0 Å². The van der Waals surface area contributed by atoms with E-state index in [4.69, 9.17) is 11.6 Å². The Morgan fingerprint density at radius 3 is 2.68 bits per heavy atom. The number of hydrogen-bond donors (Lipinski definition) is 1. The number of hydrogen-bond acceptors (Lipinski definition) is 3. The van der Waals surface area contributed by atoms with Gasteiger partial charge in [0.1, 0.15) is 0 Å². The number of piperazine rings is 1. The normalized spacial score (nSPS) is 26.0. The molecule has 2 unspecified atom stereocenters. The van der Waals surface area contributed by atoms with Crippen LogP contribution in [0.1, 0.15) is 12.8 Å². The summed E-state index contributed by atoms with van der Waals surface area (Å²) in [5, 5.41) is 1.84. The van der Waals surface area contributed by atoms with Crippen LogP contribution in [0.5, 0.6) is 0 Å². The van der Waals surface area contributed by atoms with E-state index in [9.17, 15) is 8.42 Å². The van der Waals surface area contributed by atoms with Crippen LogP contribution in [-0.4, -0.2) is 49.1 Å². The summed E-state index contributed by atoms with van der Waals surface area (Å²) < 4.78 is 25.5. The van der Waals surface area contributed by atoms with Crippen molar-refractivity contribution in [2.24, 2.45) is 0 Å². The molecule has 0 amide bonds. The standard InChI is InChI=1S/C15H18ClN3O2S/c1-22(20,21)19-9-11-2-3-12(19)8-18(11)15-7-10(16)6-14-13(15)4-5-17-14/h4-7,11-12,17H,2-3,8-9H2,1H3. The van der Waals surface area contributed by atoms with Gasteiger partial charge >= 0.3 is 0 Å². The first-order chi connectivity index (χ1) is 10.4. The van der Waals surface area contributed by atoms with Gasteiger partial charge in [0.25, 0.3) is 0 Å². The molecule has 3 aliphatic heterocycles. The van der Waals surface area contributed by atoms with Crippen LogP contribution >= 0.6 is 11.6 Å². The van der Waals surface area contributed by atoms with Crippen molar-refractivity contribution in [3.05, 3.63) is 29.4 Å². The predicted molar refractivity (Wildman–Crippen MR) is 89.0 cm³/mol. The molecule has 1 aromatic heterocycles. The molecule has 0 radical (unpaired) electrons. The van der Waals surface area contributed by atoms with Gasteiger partial charge in [-0.15, -0.1) is 0 Å². The van der Waals surface area contributed by atoms with E-state index in [1.807, 2.05) is 18.3 Å². The minimum atomic E-state index is -3.13. The third-order valence-corrected chi connectivity index (χ3v) is 6.34. The van der Waals surface area contributed by atoms with Gasteiger partial charge in [0, 0.05) is 53.0 Å². The molecular weight excluding hydrogens is 322 g/mol. The lowest BCUT2D eigenvalue weighted by atomic mass is 9.92. The summed E-state index contributed by atoms with van der Waals surface area (Å²) in [7, 11) is -3.13. The molecule has 2 atom stereocenters. The molecule has 1 N–H and O–H groups in total. The number of halogens is 1. The summed E-state index contributed by atoms with van der Waals surface area (Å²) in [6.45, 7) is 1.31. The van der Waals surface area contributed by atoms with Gasteiger partial charge in [-0.3, -0.25) is 0 Å². The fourth-order valence-corrected chi connectivity index (χ4v) is 5.21. The van der Waals surface area contributed by atoms with Crippen LogP contribution in [0.2, 0.25) is 5.02 Å². The number of nitrogens with one attached hydrogen (secondary N) is 1. The number of fused-ring (bicyclic) bond motifs is 4. The van der Waals surface area contributed by atoms with Crippen molar-refractivity contribution in [3.8, 4) is 0 Å². The second-order valence-corrected chi connectivity index (χ2v) is 8.61. The van der Waals surface area contributed by atoms with Gasteiger partial charge in [-0.2, -0.15) is 4.31 Å². The van der Waals surface area contributed by atoms with Crippen molar-refractivity contribution >= 4 is 38.2 Å². The third kappa shape index (κ3) is 2.21. The summed E-state index contributed by atoms with van der Waals surface area (Å²) in [5.41, 5.74) is 2.12. The zero-order chi connectivity index (χ0) is 15.5. The Bertz CT molecular complexity index is 832. The molecule has 118 valence electrons. The van der Waals surface area contributed by atoms with Gasteiger partial charge < -0.3 is 9.88 Å². The van der Waals surface area contributed by atoms with Gasteiger partial charge in [0.2, 0.25) is 10.0 Å². The maximum Gasteiger partial charge on any atom is 0.211 e. The van der Waals surface area contributed by atoms with E-state index in [1.165, 1.54) is 6.26 Å². The van der Waals surface area contributed by atoms with Gasteiger partial charge in [-0.05, 0) is 31.0 Å². The van der Waals surface area contributed by atoms with Crippen LogP contribution in [0.15, 0.2) is 24.4 Å². The second kappa shape index (κ2) is 4.88. The zero-order valence-corrected chi connectivity index (χ0v) is 13.9. The largest absolute Gasteiger partial charge is 0.365 e. The molecule has 2 aromatic rings. The topological polar surface area (TPSA) is 56.4 Å². The lowest BCUT2D eigenvalue weighted by Gasteiger charge is -2.51. The highest BCUT2D eigenvalue weighted by Crippen LogP contribution is 2.38. The van der Waals surface area contributed by atoms with E-state index in [1.54, 1.807) is 4.31 Å². The van der Waals surface area contributed by atoms with Crippen molar-refractivity contribution in [2.45, 2.75) is 24.9 Å². The summed E-state index contributed by atoms with van der Waals surface area (Å²) in [6, 6.07) is 6.25. The first-order valence-electron chi connectivity index (χ1n) is 7.43. The number of aromatic nitrogens is 1. The molecule has 5 rings (SSSR count). The highest BCUT2D eigenvalue weighted by Gasteiger charge is 2.43. The number of anilines is 1. The number of aromatic amines is 1. The monoisotopic (exact) mass is 339 g/mol. The molecule has 5 nitrogen and oxygen atoms in total. The van der Waals surface area contributed by atoms with Crippen LogP contribution in [0.3, 0.4) is 0 Å². The summed E-state index contributed by atoms with van der Waals surface area (Å²) in [5.74, 6) is 0. The highest BCUT2D eigenvalue weighted by molar-refractivity contribution is 7.88. The molecule has 1 aromatic carbocycles. The quantitative estimate of drug-likeness (QED) is 0.914. The van der Waals surface area contributed by atoms with Crippen molar-refractivity contribution in [2.75, 3.05) is 24.2 Å². The summed E-state index contributed by atoms with van der Waals surface area (Å²) >= 11 is 6.25. The van der Waals surface area contributed by atoms with Crippen molar-refractivity contribution in [3.63, 3.8) is 0 Å². The number of H-pyrrole nitrogens is 1. The Kier molecular flexibility index (Phi) is 3.18. The van der Waals surface area contributed by atoms with E-state index < -0.39 is 10.0 Å². The molecule has 3 fully saturated rings. The van der Waals surface area contributed by atoms with E-state index in [-0.39, 0.29) is 12.1 Å². The van der Waals surface area contributed by atoms with Gasteiger partial charge in [0.05, 0.1) is 6.26 Å². The van der Waals surface area contributed by atoms with Crippen molar-refractivity contribution in [1.29, 1.82) is 0 Å². The number of benzene rings is 1. The van der Waals surface area contributed by atoms with Crippen LogP contribution in [0.25, 0.3) is 10.9 Å². The first-order valence-corrected chi connectivity index (χ1v) is 9.66. The molecular formula is C15H18ClN3O2S. The smallest absolute Gasteiger partial charge is 0.211 e. The lowest BCUT2D eigenvalue weighted by molar-refractivity contribution is 0.181. The highest BCUT2D eigenvalue weighted by atomic mass is 35.5. The first kappa shape index (κ1) is 14.4. The average Bonchev–Trinajstić information content (AvgIpc) is 2.94. The molecule has 3 saturated heterocycles. The van der Waals surface area contributed by atoms with Crippen molar-refractivity contribution < 1.29 is 8.42 Å². The van der Waals surface area contributed by atoms with Crippen LogP contribution < -0.4 is 4.90 Å².